The number of carbonyl (C=O) groups is 2. The summed E-state index contributed by atoms with van der Waals surface area (Å²) in [5, 5.41) is 0. The van der Waals surface area contributed by atoms with Gasteiger partial charge in [-0.25, -0.2) is 9.18 Å². The van der Waals surface area contributed by atoms with Gasteiger partial charge in [0, 0.05) is 12.7 Å². The largest absolute Gasteiger partial charge is 0.472 e. The number of halogens is 1. The number of rotatable bonds is 8. The molecule has 0 N–H and O–H groups in total. The molecule has 210 valence electrons. The fourth-order valence-corrected chi connectivity index (χ4v) is 5.36. The maximum Gasteiger partial charge on any atom is 0.333 e. The molecule has 40 heavy (non-hydrogen) atoms. The van der Waals surface area contributed by atoms with Gasteiger partial charge in [0.1, 0.15) is 17.3 Å². The maximum absolute atomic E-state index is 14.3. The van der Waals surface area contributed by atoms with Crippen LogP contribution in [0.25, 0.3) is 11.1 Å². The van der Waals surface area contributed by atoms with Gasteiger partial charge in [-0.3, -0.25) is 9.69 Å². The summed E-state index contributed by atoms with van der Waals surface area (Å²) in [6, 6.07) is 16.3. The highest BCUT2D eigenvalue weighted by Crippen LogP contribution is 2.38. The number of hydrogen-bond donors (Lipinski definition) is 0. The van der Waals surface area contributed by atoms with Gasteiger partial charge in [-0.05, 0) is 85.9 Å². The summed E-state index contributed by atoms with van der Waals surface area (Å²) in [4.78, 5) is 30.4. The van der Waals surface area contributed by atoms with Crippen LogP contribution in [0.2, 0.25) is 0 Å². The average Bonchev–Trinajstić information content (AvgIpc) is 2.98. The highest BCUT2D eigenvalue weighted by Gasteiger charge is 2.39. The molecule has 3 aromatic carbocycles. The number of carbonyl (C=O) groups excluding carboxylic acids is 2. The zero-order valence-electron chi connectivity index (χ0n) is 22.9. The SMILES string of the molecule is COCOc1ccc(F)cc1C(C(=O)OC)N1COc2ccc(-c3ccc(C4CCN(C)CC4)cc3)cc2C1=O. The second-order valence-electron chi connectivity index (χ2n) is 10.1. The van der Waals surface area contributed by atoms with Crippen LogP contribution in [0.4, 0.5) is 4.39 Å². The first-order valence-electron chi connectivity index (χ1n) is 13.2. The topological polar surface area (TPSA) is 77.5 Å². The van der Waals surface area contributed by atoms with E-state index in [9.17, 15) is 14.0 Å². The van der Waals surface area contributed by atoms with Gasteiger partial charge in [-0.1, -0.05) is 30.3 Å². The molecule has 2 heterocycles. The van der Waals surface area contributed by atoms with Crippen molar-refractivity contribution in [2.24, 2.45) is 0 Å². The van der Waals surface area contributed by atoms with Crippen LogP contribution in [-0.4, -0.2) is 69.6 Å². The zero-order valence-corrected chi connectivity index (χ0v) is 22.9. The van der Waals surface area contributed by atoms with E-state index >= 15 is 0 Å². The number of nitrogens with zero attached hydrogens (tertiary/aromatic N) is 2. The molecule has 0 saturated carbocycles. The third-order valence-electron chi connectivity index (χ3n) is 7.60. The Morgan fingerprint density at radius 1 is 1.02 bits per heavy atom. The molecule has 9 heteroatoms. The average molecular weight is 549 g/mol. The molecular weight excluding hydrogens is 515 g/mol. The molecule has 0 radical (unpaired) electrons. The molecule has 2 aliphatic heterocycles. The fourth-order valence-electron chi connectivity index (χ4n) is 5.36. The maximum atomic E-state index is 14.3. The summed E-state index contributed by atoms with van der Waals surface area (Å²) in [6.07, 6.45) is 2.28. The number of fused-ring (bicyclic) bond motifs is 1. The van der Waals surface area contributed by atoms with Crippen molar-refractivity contribution >= 4 is 11.9 Å². The van der Waals surface area contributed by atoms with E-state index < -0.39 is 23.7 Å². The lowest BCUT2D eigenvalue weighted by Crippen LogP contribution is -2.44. The predicted molar refractivity (Wildman–Crippen MR) is 147 cm³/mol. The molecule has 0 bridgehead atoms. The van der Waals surface area contributed by atoms with Crippen molar-refractivity contribution in [3.05, 3.63) is 83.2 Å². The van der Waals surface area contributed by atoms with Gasteiger partial charge in [0.05, 0.1) is 12.7 Å². The Morgan fingerprint density at radius 2 is 1.75 bits per heavy atom. The lowest BCUT2D eigenvalue weighted by molar-refractivity contribution is -0.147. The molecule has 0 aromatic heterocycles. The Morgan fingerprint density at radius 3 is 2.45 bits per heavy atom. The minimum atomic E-state index is -1.30. The predicted octanol–water partition coefficient (Wildman–Crippen LogP) is 4.99. The summed E-state index contributed by atoms with van der Waals surface area (Å²) in [5.41, 5.74) is 3.56. The zero-order chi connectivity index (χ0) is 28.2. The number of hydrogen-bond acceptors (Lipinski definition) is 7. The van der Waals surface area contributed by atoms with Crippen molar-refractivity contribution in [3.63, 3.8) is 0 Å². The number of benzene rings is 3. The summed E-state index contributed by atoms with van der Waals surface area (Å²) in [6.45, 7) is 1.84. The summed E-state index contributed by atoms with van der Waals surface area (Å²) >= 11 is 0. The van der Waals surface area contributed by atoms with Gasteiger partial charge < -0.3 is 23.8 Å². The molecule has 0 aliphatic carbocycles. The molecular formula is C31H33FN2O6. The normalized spacial score (nSPS) is 16.7. The molecule has 8 nitrogen and oxygen atoms in total. The molecule has 1 atom stereocenters. The van der Waals surface area contributed by atoms with Crippen molar-refractivity contribution in [1.29, 1.82) is 0 Å². The van der Waals surface area contributed by atoms with Gasteiger partial charge in [0.15, 0.2) is 19.6 Å². The minimum Gasteiger partial charge on any atom is -0.472 e. The number of piperidine rings is 1. The van der Waals surface area contributed by atoms with Crippen LogP contribution in [0, 0.1) is 5.82 Å². The van der Waals surface area contributed by atoms with E-state index in [0.29, 0.717) is 17.2 Å². The van der Waals surface area contributed by atoms with E-state index in [0.717, 1.165) is 43.1 Å². The van der Waals surface area contributed by atoms with Crippen LogP contribution < -0.4 is 9.47 Å². The summed E-state index contributed by atoms with van der Waals surface area (Å²) < 4.78 is 35.8. The number of amides is 1. The molecule has 0 spiro atoms. The number of ether oxygens (including phenoxy) is 4. The van der Waals surface area contributed by atoms with Crippen molar-refractivity contribution < 1.29 is 32.9 Å². The Balaban J connectivity index is 1.44. The van der Waals surface area contributed by atoms with Gasteiger partial charge in [0.25, 0.3) is 5.91 Å². The lowest BCUT2D eigenvalue weighted by atomic mass is 9.88. The first-order chi connectivity index (χ1) is 19.4. The number of likely N-dealkylation sites (tertiary alicyclic amines) is 1. The Labute approximate surface area is 233 Å². The molecule has 1 saturated heterocycles. The third kappa shape index (κ3) is 5.66. The Kier molecular flexibility index (Phi) is 8.32. The van der Waals surface area contributed by atoms with Crippen LogP contribution in [0.15, 0.2) is 60.7 Å². The van der Waals surface area contributed by atoms with E-state index in [-0.39, 0.29) is 24.8 Å². The van der Waals surface area contributed by atoms with Crippen molar-refractivity contribution in [2.45, 2.75) is 24.8 Å². The van der Waals surface area contributed by atoms with E-state index in [4.69, 9.17) is 18.9 Å². The van der Waals surface area contributed by atoms with Crippen LogP contribution in [0.5, 0.6) is 11.5 Å². The minimum absolute atomic E-state index is 0.125. The lowest BCUT2D eigenvalue weighted by Gasteiger charge is -2.34. The second-order valence-corrected chi connectivity index (χ2v) is 10.1. The number of methoxy groups -OCH3 is 2. The molecule has 1 amide bonds. The van der Waals surface area contributed by atoms with E-state index in [2.05, 4.69) is 36.2 Å². The fraction of sp³-hybridized carbons (Fsp3) is 0.355. The first kappa shape index (κ1) is 27.6. The van der Waals surface area contributed by atoms with Crippen LogP contribution in [-0.2, 0) is 14.3 Å². The number of esters is 1. The first-order valence-corrected chi connectivity index (χ1v) is 13.2. The smallest absolute Gasteiger partial charge is 0.333 e. The molecule has 2 aliphatic rings. The van der Waals surface area contributed by atoms with Gasteiger partial charge in [-0.2, -0.15) is 0 Å². The third-order valence-corrected chi connectivity index (χ3v) is 7.60. The van der Waals surface area contributed by atoms with Crippen LogP contribution in [0.1, 0.15) is 46.3 Å². The van der Waals surface area contributed by atoms with E-state index in [1.165, 1.54) is 36.8 Å². The van der Waals surface area contributed by atoms with Crippen LogP contribution in [0.3, 0.4) is 0 Å². The summed E-state index contributed by atoms with van der Waals surface area (Å²) in [5.74, 6) is -0.641. The monoisotopic (exact) mass is 548 g/mol. The molecule has 5 rings (SSSR count). The Bertz CT molecular complexity index is 1370. The van der Waals surface area contributed by atoms with E-state index in [1.807, 2.05) is 6.07 Å². The highest BCUT2D eigenvalue weighted by molar-refractivity contribution is 6.01. The van der Waals surface area contributed by atoms with Gasteiger partial charge in [0.2, 0.25) is 0 Å². The summed E-state index contributed by atoms with van der Waals surface area (Å²) in [7, 11) is 4.81. The second kappa shape index (κ2) is 12.1. The van der Waals surface area contributed by atoms with Crippen molar-refractivity contribution in [2.75, 3.05) is 47.9 Å². The molecule has 1 fully saturated rings. The molecule has 1 unspecified atom stereocenters. The van der Waals surface area contributed by atoms with Gasteiger partial charge in [-0.15, -0.1) is 0 Å². The Hall–Kier alpha value is -3.95. The van der Waals surface area contributed by atoms with E-state index in [1.54, 1.807) is 12.1 Å². The highest BCUT2D eigenvalue weighted by atomic mass is 19.1. The van der Waals surface area contributed by atoms with Crippen molar-refractivity contribution in [1.82, 2.24) is 9.80 Å². The van der Waals surface area contributed by atoms with Crippen LogP contribution >= 0.6 is 0 Å². The standard InChI is InChI=1S/C31H33FN2O6/c1-33-14-12-22(13-15-33)20-4-6-21(7-5-20)23-8-10-28-26(16-23)30(35)34(18-39-28)29(31(36)38-3)25-17-24(32)9-11-27(25)40-19-37-2/h4-11,16-17,22,29H,12-15,18-19H2,1-3H3. The van der Waals surface area contributed by atoms with Gasteiger partial charge >= 0.3 is 5.97 Å². The van der Waals surface area contributed by atoms with Crippen molar-refractivity contribution in [3.8, 4) is 22.6 Å². The quantitative estimate of drug-likeness (QED) is 0.290. The molecule has 3 aromatic rings.